The van der Waals surface area contributed by atoms with Crippen LogP contribution in [0.4, 0.5) is 5.69 Å². The molecule has 0 saturated carbocycles. The summed E-state index contributed by atoms with van der Waals surface area (Å²) in [6.45, 7) is 7.41. The third kappa shape index (κ3) is 4.42. The SMILES string of the molecule is Cc1cccc(NC(=O)[C@H](C)OC(=O)c2ccc(C)c(C)c2)c1. The van der Waals surface area contributed by atoms with Crippen LogP contribution >= 0.6 is 0 Å². The minimum Gasteiger partial charge on any atom is -0.449 e. The molecular formula is C19H21NO3. The molecule has 1 atom stereocenters. The highest BCUT2D eigenvalue weighted by Gasteiger charge is 2.19. The van der Waals surface area contributed by atoms with Crippen LogP contribution in [0.2, 0.25) is 0 Å². The number of hydrogen-bond acceptors (Lipinski definition) is 3. The van der Waals surface area contributed by atoms with E-state index in [9.17, 15) is 9.59 Å². The van der Waals surface area contributed by atoms with Crippen molar-refractivity contribution in [2.45, 2.75) is 33.8 Å². The second-order valence-electron chi connectivity index (χ2n) is 5.71. The van der Waals surface area contributed by atoms with E-state index >= 15 is 0 Å². The molecule has 0 aliphatic carbocycles. The van der Waals surface area contributed by atoms with E-state index in [0.717, 1.165) is 16.7 Å². The van der Waals surface area contributed by atoms with E-state index in [-0.39, 0.29) is 5.91 Å². The van der Waals surface area contributed by atoms with E-state index in [4.69, 9.17) is 4.74 Å². The Labute approximate surface area is 136 Å². The van der Waals surface area contributed by atoms with Crippen LogP contribution in [0.3, 0.4) is 0 Å². The van der Waals surface area contributed by atoms with Gasteiger partial charge in [0.05, 0.1) is 5.56 Å². The number of carbonyl (C=O) groups excluding carboxylic acids is 2. The average Bonchev–Trinajstić information content (AvgIpc) is 2.49. The lowest BCUT2D eigenvalue weighted by molar-refractivity contribution is -0.123. The zero-order chi connectivity index (χ0) is 17.0. The number of amides is 1. The molecule has 2 rings (SSSR count). The first-order valence-corrected chi connectivity index (χ1v) is 7.52. The van der Waals surface area contributed by atoms with Gasteiger partial charge in [0, 0.05) is 5.69 Å². The Kier molecular flexibility index (Phi) is 5.16. The Balaban J connectivity index is 2.00. The van der Waals surface area contributed by atoms with Crippen LogP contribution in [0.1, 0.15) is 34.0 Å². The van der Waals surface area contributed by atoms with Crippen LogP contribution in [-0.4, -0.2) is 18.0 Å². The number of rotatable bonds is 4. The van der Waals surface area contributed by atoms with Crippen molar-refractivity contribution in [2.24, 2.45) is 0 Å². The van der Waals surface area contributed by atoms with Crippen molar-refractivity contribution in [3.63, 3.8) is 0 Å². The number of aryl methyl sites for hydroxylation is 3. The van der Waals surface area contributed by atoms with Crippen molar-refractivity contribution < 1.29 is 14.3 Å². The maximum absolute atomic E-state index is 12.1. The second-order valence-corrected chi connectivity index (χ2v) is 5.71. The van der Waals surface area contributed by atoms with Gasteiger partial charge in [-0.1, -0.05) is 18.2 Å². The molecule has 0 radical (unpaired) electrons. The molecule has 120 valence electrons. The van der Waals surface area contributed by atoms with Crippen molar-refractivity contribution >= 4 is 17.6 Å². The predicted molar refractivity (Wildman–Crippen MR) is 90.6 cm³/mol. The molecule has 0 aliphatic heterocycles. The highest BCUT2D eigenvalue weighted by Crippen LogP contribution is 2.13. The molecule has 4 heteroatoms. The van der Waals surface area contributed by atoms with Gasteiger partial charge in [0.25, 0.3) is 5.91 Å². The van der Waals surface area contributed by atoms with Gasteiger partial charge in [-0.05, 0) is 68.7 Å². The third-order valence-electron chi connectivity index (χ3n) is 3.68. The summed E-state index contributed by atoms with van der Waals surface area (Å²) in [5.41, 5.74) is 4.29. The molecule has 0 aromatic heterocycles. The van der Waals surface area contributed by atoms with E-state index in [1.165, 1.54) is 0 Å². The van der Waals surface area contributed by atoms with E-state index in [1.807, 2.05) is 45.0 Å². The summed E-state index contributed by atoms with van der Waals surface area (Å²) in [5.74, 6) is -0.854. The Morgan fingerprint density at radius 2 is 1.74 bits per heavy atom. The molecule has 2 aromatic rings. The zero-order valence-corrected chi connectivity index (χ0v) is 13.8. The van der Waals surface area contributed by atoms with E-state index in [1.54, 1.807) is 25.1 Å². The van der Waals surface area contributed by atoms with Crippen LogP contribution in [0.15, 0.2) is 42.5 Å². The van der Waals surface area contributed by atoms with Crippen LogP contribution < -0.4 is 5.32 Å². The Morgan fingerprint density at radius 1 is 1.00 bits per heavy atom. The summed E-state index contributed by atoms with van der Waals surface area (Å²) in [5, 5.41) is 2.74. The largest absolute Gasteiger partial charge is 0.449 e. The highest BCUT2D eigenvalue weighted by atomic mass is 16.5. The molecule has 0 spiro atoms. The summed E-state index contributed by atoms with van der Waals surface area (Å²) in [4.78, 5) is 24.3. The van der Waals surface area contributed by atoms with E-state index < -0.39 is 12.1 Å². The first-order valence-electron chi connectivity index (χ1n) is 7.52. The average molecular weight is 311 g/mol. The van der Waals surface area contributed by atoms with Gasteiger partial charge >= 0.3 is 5.97 Å². The molecule has 23 heavy (non-hydrogen) atoms. The fourth-order valence-electron chi connectivity index (χ4n) is 2.12. The molecule has 0 fully saturated rings. The highest BCUT2D eigenvalue weighted by molar-refractivity contribution is 5.97. The molecular weight excluding hydrogens is 290 g/mol. The van der Waals surface area contributed by atoms with Crippen molar-refractivity contribution in [1.82, 2.24) is 0 Å². The van der Waals surface area contributed by atoms with Gasteiger partial charge in [-0.2, -0.15) is 0 Å². The Bertz CT molecular complexity index is 737. The van der Waals surface area contributed by atoms with E-state index in [2.05, 4.69) is 5.32 Å². The number of ether oxygens (including phenoxy) is 1. The fourth-order valence-corrected chi connectivity index (χ4v) is 2.12. The predicted octanol–water partition coefficient (Wildman–Crippen LogP) is 3.80. The number of nitrogens with one attached hydrogen (secondary N) is 1. The number of hydrogen-bond donors (Lipinski definition) is 1. The van der Waals surface area contributed by atoms with Gasteiger partial charge in [0.1, 0.15) is 0 Å². The lowest BCUT2D eigenvalue weighted by Crippen LogP contribution is -2.30. The Hall–Kier alpha value is -2.62. The monoisotopic (exact) mass is 311 g/mol. The number of esters is 1. The molecule has 4 nitrogen and oxygen atoms in total. The first-order chi connectivity index (χ1) is 10.9. The number of anilines is 1. The molecule has 0 saturated heterocycles. The third-order valence-corrected chi connectivity index (χ3v) is 3.68. The molecule has 0 aliphatic rings. The maximum atomic E-state index is 12.1. The van der Waals surface area contributed by atoms with Crippen molar-refractivity contribution in [3.8, 4) is 0 Å². The standard InChI is InChI=1S/C19H21NO3/c1-12-6-5-7-17(10-12)20-18(21)15(4)23-19(22)16-9-8-13(2)14(3)11-16/h5-11,15H,1-4H3,(H,20,21)/t15-/m0/s1. The van der Waals surface area contributed by atoms with Gasteiger partial charge < -0.3 is 10.1 Å². The maximum Gasteiger partial charge on any atom is 0.338 e. The minimum atomic E-state index is -0.871. The van der Waals surface area contributed by atoms with Crippen LogP contribution in [-0.2, 0) is 9.53 Å². The van der Waals surface area contributed by atoms with Gasteiger partial charge in [-0.15, -0.1) is 0 Å². The molecule has 0 heterocycles. The molecule has 2 aromatic carbocycles. The van der Waals surface area contributed by atoms with Crippen molar-refractivity contribution in [1.29, 1.82) is 0 Å². The number of benzene rings is 2. The molecule has 1 N–H and O–H groups in total. The summed E-state index contributed by atoms with van der Waals surface area (Å²) >= 11 is 0. The lowest BCUT2D eigenvalue weighted by atomic mass is 10.1. The summed E-state index contributed by atoms with van der Waals surface area (Å²) in [7, 11) is 0. The molecule has 1 amide bonds. The zero-order valence-electron chi connectivity index (χ0n) is 13.8. The minimum absolute atomic E-state index is 0.354. The smallest absolute Gasteiger partial charge is 0.338 e. The Morgan fingerprint density at radius 3 is 2.39 bits per heavy atom. The van der Waals surface area contributed by atoms with Crippen molar-refractivity contribution in [2.75, 3.05) is 5.32 Å². The summed E-state index contributed by atoms with van der Waals surface area (Å²) < 4.78 is 5.24. The van der Waals surface area contributed by atoms with Crippen LogP contribution in [0.25, 0.3) is 0 Å². The molecule has 0 bridgehead atoms. The normalized spacial score (nSPS) is 11.7. The second kappa shape index (κ2) is 7.09. The van der Waals surface area contributed by atoms with Crippen LogP contribution in [0, 0.1) is 20.8 Å². The topological polar surface area (TPSA) is 55.4 Å². The van der Waals surface area contributed by atoms with Crippen LogP contribution in [0.5, 0.6) is 0 Å². The summed E-state index contributed by atoms with van der Waals surface area (Å²) in [6.07, 6.45) is -0.871. The summed E-state index contributed by atoms with van der Waals surface area (Å²) in [6, 6.07) is 12.8. The molecule has 0 unspecified atom stereocenters. The van der Waals surface area contributed by atoms with Crippen molar-refractivity contribution in [3.05, 3.63) is 64.7 Å². The van der Waals surface area contributed by atoms with Gasteiger partial charge in [0.15, 0.2) is 6.10 Å². The quantitative estimate of drug-likeness (QED) is 0.874. The fraction of sp³-hybridized carbons (Fsp3) is 0.263. The number of carbonyl (C=O) groups is 2. The van der Waals surface area contributed by atoms with Gasteiger partial charge in [-0.25, -0.2) is 4.79 Å². The lowest BCUT2D eigenvalue weighted by Gasteiger charge is -2.14. The first kappa shape index (κ1) is 16.7. The van der Waals surface area contributed by atoms with Gasteiger partial charge in [0.2, 0.25) is 0 Å². The van der Waals surface area contributed by atoms with Gasteiger partial charge in [-0.3, -0.25) is 4.79 Å². The van der Waals surface area contributed by atoms with E-state index in [0.29, 0.717) is 11.3 Å².